The normalized spacial score (nSPS) is 12.9. The van der Waals surface area contributed by atoms with E-state index in [9.17, 15) is 9.90 Å². The molecule has 1 amide bonds. The molecule has 0 aromatic heterocycles. The molecule has 0 saturated carbocycles. The summed E-state index contributed by atoms with van der Waals surface area (Å²) in [6.07, 6.45) is -0.550. The zero-order valence-corrected chi connectivity index (χ0v) is 12.1. The van der Waals surface area contributed by atoms with Crippen LogP contribution < -0.4 is 10.9 Å². The second-order valence-corrected chi connectivity index (χ2v) is 5.56. The van der Waals surface area contributed by atoms with E-state index in [-0.39, 0.29) is 11.8 Å². The molecular formula is C14H22N2O3. The van der Waals surface area contributed by atoms with E-state index in [1.54, 1.807) is 26.8 Å². The lowest BCUT2D eigenvalue weighted by Gasteiger charge is -2.22. The van der Waals surface area contributed by atoms with Crippen molar-refractivity contribution in [3.05, 3.63) is 29.3 Å². The quantitative estimate of drug-likeness (QED) is 0.736. The Labute approximate surface area is 113 Å². The number of ether oxygens (including phenoxy) is 1. The van der Waals surface area contributed by atoms with E-state index in [4.69, 9.17) is 4.74 Å². The number of hydrogen-bond acceptors (Lipinski definition) is 4. The zero-order valence-electron chi connectivity index (χ0n) is 12.1. The molecule has 0 saturated heterocycles. The van der Waals surface area contributed by atoms with E-state index in [0.717, 1.165) is 11.1 Å². The number of carbonyl (C=O) groups is 1. The summed E-state index contributed by atoms with van der Waals surface area (Å²) >= 11 is 0. The molecular weight excluding hydrogens is 244 g/mol. The maximum Gasteiger partial charge on any atom is 0.422 e. The Morgan fingerprint density at radius 2 is 2.00 bits per heavy atom. The molecule has 0 fully saturated rings. The number of phenols is 1. The van der Waals surface area contributed by atoms with E-state index < -0.39 is 11.7 Å². The minimum Gasteiger partial charge on any atom is -0.508 e. The van der Waals surface area contributed by atoms with Gasteiger partial charge in [0.05, 0.1) is 6.04 Å². The van der Waals surface area contributed by atoms with E-state index in [0.29, 0.717) is 0 Å². The third-order valence-electron chi connectivity index (χ3n) is 2.44. The van der Waals surface area contributed by atoms with Gasteiger partial charge in [0.2, 0.25) is 0 Å². The molecule has 5 nitrogen and oxygen atoms in total. The second kappa shape index (κ2) is 5.93. The highest BCUT2D eigenvalue weighted by Crippen LogP contribution is 2.24. The van der Waals surface area contributed by atoms with Gasteiger partial charge in [-0.3, -0.25) is 5.43 Å². The molecule has 0 bridgehead atoms. The first-order chi connectivity index (χ1) is 8.69. The number of hydrazine groups is 1. The lowest BCUT2D eigenvalue weighted by atomic mass is 10.1. The number of hydrogen-bond donors (Lipinski definition) is 3. The summed E-state index contributed by atoms with van der Waals surface area (Å²) in [5.41, 5.74) is 6.48. The average molecular weight is 266 g/mol. The fourth-order valence-corrected chi connectivity index (χ4v) is 1.57. The minimum absolute atomic E-state index is 0.191. The van der Waals surface area contributed by atoms with Crippen molar-refractivity contribution in [2.24, 2.45) is 0 Å². The Morgan fingerprint density at radius 3 is 2.58 bits per heavy atom. The molecule has 0 radical (unpaired) electrons. The van der Waals surface area contributed by atoms with Crippen molar-refractivity contribution in [1.29, 1.82) is 0 Å². The molecule has 3 N–H and O–H groups in total. The van der Waals surface area contributed by atoms with Gasteiger partial charge in [0, 0.05) is 5.56 Å². The Hall–Kier alpha value is -1.75. The minimum atomic E-state index is -0.550. The van der Waals surface area contributed by atoms with Crippen LogP contribution in [0.4, 0.5) is 4.79 Å². The number of amides is 1. The van der Waals surface area contributed by atoms with Gasteiger partial charge >= 0.3 is 6.09 Å². The molecule has 5 heteroatoms. The molecule has 1 unspecified atom stereocenters. The van der Waals surface area contributed by atoms with Crippen LogP contribution in [-0.2, 0) is 4.74 Å². The molecule has 0 aliphatic heterocycles. The molecule has 0 heterocycles. The van der Waals surface area contributed by atoms with Crippen LogP contribution in [0.2, 0.25) is 0 Å². The van der Waals surface area contributed by atoms with Crippen LogP contribution in [0.15, 0.2) is 18.2 Å². The second-order valence-electron chi connectivity index (χ2n) is 5.56. The number of rotatable bonds is 3. The molecule has 1 rings (SSSR count). The maximum absolute atomic E-state index is 11.5. The summed E-state index contributed by atoms with van der Waals surface area (Å²) in [6, 6.07) is 5.10. The molecule has 19 heavy (non-hydrogen) atoms. The van der Waals surface area contributed by atoms with Crippen molar-refractivity contribution in [3.8, 4) is 5.75 Å². The van der Waals surface area contributed by atoms with E-state index >= 15 is 0 Å². The Balaban J connectivity index is 2.58. The molecule has 0 spiro atoms. The first-order valence-corrected chi connectivity index (χ1v) is 6.23. The molecule has 0 aliphatic rings. The monoisotopic (exact) mass is 266 g/mol. The zero-order chi connectivity index (χ0) is 14.6. The van der Waals surface area contributed by atoms with Gasteiger partial charge in [-0.25, -0.2) is 10.2 Å². The van der Waals surface area contributed by atoms with E-state index in [1.165, 1.54) is 0 Å². The number of aryl methyl sites for hydroxylation is 1. The largest absolute Gasteiger partial charge is 0.508 e. The highest BCUT2D eigenvalue weighted by atomic mass is 16.6. The maximum atomic E-state index is 11.5. The van der Waals surface area contributed by atoms with Crippen LogP contribution in [0, 0.1) is 6.92 Å². The topological polar surface area (TPSA) is 70.6 Å². The standard InChI is InChI=1S/C14H22N2O3/c1-9-6-7-12(17)11(8-9)10(2)15-16-13(18)19-14(3,4)5/h6-8,10,15,17H,1-5H3,(H,16,18). The van der Waals surface area contributed by atoms with Crippen molar-refractivity contribution in [1.82, 2.24) is 10.9 Å². The van der Waals surface area contributed by atoms with E-state index in [1.807, 2.05) is 26.0 Å². The van der Waals surface area contributed by atoms with Crippen molar-refractivity contribution in [2.45, 2.75) is 46.3 Å². The van der Waals surface area contributed by atoms with Gasteiger partial charge < -0.3 is 9.84 Å². The smallest absolute Gasteiger partial charge is 0.422 e. The van der Waals surface area contributed by atoms with Crippen LogP contribution in [-0.4, -0.2) is 16.8 Å². The van der Waals surface area contributed by atoms with Gasteiger partial charge in [-0.15, -0.1) is 0 Å². The predicted molar refractivity (Wildman–Crippen MR) is 73.8 cm³/mol. The van der Waals surface area contributed by atoms with Gasteiger partial charge in [0.1, 0.15) is 11.4 Å². The predicted octanol–water partition coefficient (Wildman–Crippen LogP) is 2.79. The summed E-state index contributed by atoms with van der Waals surface area (Å²) < 4.78 is 5.10. The van der Waals surface area contributed by atoms with Gasteiger partial charge in [0.25, 0.3) is 0 Å². The third kappa shape index (κ3) is 5.18. The number of nitrogens with one attached hydrogen (secondary N) is 2. The summed E-state index contributed by atoms with van der Waals surface area (Å²) in [5, 5.41) is 9.77. The molecule has 106 valence electrons. The Bertz CT molecular complexity index is 452. The summed E-state index contributed by atoms with van der Waals surface area (Å²) in [7, 11) is 0. The van der Waals surface area contributed by atoms with Gasteiger partial charge in [-0.1, -0.05) is 17.7 Å². The number of benzene rings is 1. The highest BCUT2D eigenvalue weighted by molar-refractivity contribution is 5.67. The summed E-state index contributed by atoms with van der Waals surface area (Å²) in [6.45, 7) is 9.16. The van der Waals surface area contributed by atoms with Crippen LogP contribution in [0.3, 0.4) is 0 Å². The first kappa shape index (κ1) is 15.3. The van der Waals surface area contributed by atoms with E-state index in [2.05, 4.69) is 10.9 Å². The average Bonchev–Trinajstić information content (AvgIpc) is 2.27. The Kier molecular flexibility index (Phi) is 4.78. The van der Waals surface area contributed by atoms with Crippen LogP contribution >= 0.6 is 0 Å². The van der Waals surface area contributed by atoms with Gasteiger partial charge in [-0.05, 0) is 40.7 Å². The van der Waals surface area contributed by atoms with Gasteiger partial charge in [-0.2, -0.15) is 0 Å². The summed E-state index contributed by atoms with van der Waals surface area (Å²) in [5.74, 6) is 0.191. The number of aromatic hydroxyl groups is 1. The third-order valence-corrected chi connectivity index (χ3v) is 2.44. The van der Waals surface area contributed by atoms with Crippen LogP contribution in [0.25, 0.3) is 0 Å². The fraction of sp³-hybridized carbons (Fsp3) is 0.500. The van der Waals surface area contributed by atoms with Crippen molar-refractivity contribution >= 4 is 6.09 Å². The molecule has 0 aliphatic carbocycles. The van der Waals surface area contributed by atoms with Crippen molar-refractivity contribution in [2.75, 3.05) is 0 Å². The molecule has 1 aromatic carbocycles. The lowest BCUT2D eigenvalue weighted by Crippen LogP contribution is -2.42. The highest BCUT2D eigenvalue weighted by Gasteiger charge is 2.17. The SMILES string of the molecule is Cc1ccc(O)c(C(C)NNC(=O)OC(C)(C)C)c1. The Morgan fingerprint density at radius 1 is 1.37 bits per heavy atom. The number of carbonyl (C=O) groups excluding carboxylic acids is 1. The van der Waals surface area contributed by atoms with Gasteiger partial charge in [0.15, 0.2) is 0 Å². The number of phenolic OH excluding ortho intramolecular Hbond substituents is 1. The first-order valence-electron chi connectivity index (χ1n) is 6.23. The lowest BCUT2D eigenvalue weighted by molar-refractivity contribution is 0.0489. The van der Waals surface area contributed by atoms with Crippen molar-refractivity contribution < 1.29 is 14.6 Å². The fourth-order valence-electron chi connectivity index (χ4n) is 1.57. The molecule has 1 aromatic rings. The van der Waals surface area contributed by atoms with Crippen LogP contribution in [0.1, 0.15) is 44.9 Å². The summed E-state index contributed by atoms with van der Waals surface area (Å²) in [4.78, 5) is 11.5. The van der Waals surface area contributed by atoms with Crippen LogP contribution in [0.5, 0.6) is 5.75 Å². The van der Waals surface area contributed by atoms with Crippen molar-refractivity contribution in [3.63, 3.8) is 0 Å². The molecule has 1 atom stereocenters.